The average molecular weight is 314 g/mol. The number of piperidine rings is 1. The third-order valence-corrected chi connectivity index (χ3v) is 5.09. The summed E-state index contributed by atoms with van der Waals surface area (Å²) < 4.78 is 0. The summed E-state index contributed by atoms with van der Waals surface area (Å²) in [5.74, 6) is 2.47. The number of rotatable bonds is 3. The molecular weight excluding hydrogens is 293 g/mol. The Kier molecular flexibility index (Phi) is 4.27. The van der Waals surface area contributed by atoms with Gasteiger partial charge in [-0.05, 0) is 44.6 Å². The van der Waals surface area contributed by atoms with Gasteiger partial charge in [-0.25, -0.2) is 4.98 Å². The van der Waals surface area contributed by atoms with Crippen molar-refractivity contribution in [2.24, 2.45) is 5.92 Å². The molecule has 1 saturated heterocycles. The zero-order chi connectivity index (χ0) is 14.1. The normalized spacial score (nSPS) is 25.6. The minimum atomic E-state index is 0.598. The summed E-state index contributed by atoms with van der Waals surface area (Å²) >= 11 is 12.6. The summed E-state index contributed by atoms with van der Waals surface area (Å²) in [7, 11) is 0. The minimum absolute atomic E-state index is 0.598. The minimum Gasteiger partial charge on any atom is -0.369 e. The van der Waals surface area contributed by atoms with E-state index >= 15 is 0 Å². The van der Waals surface area contributed by atoms with Crippen molar-refractivity contribution in [3.8, 4) is 0 Å². The van der Waals surface area contributed by atoms with E-state index in [1.807, 2.05) is 13.0 Å². The molecule has 0 aromatic carbocycles. The van der Waals surface area contributed by atoms with Crippen molar-refractivity contribution in [1.29, 1.82) is 0 Å². The van der Waals surface area contributed by atoms with Crippen molar-refractivity contribution in [3.63, 3.8) is 0 Å². The molecule has 0 bridgehead atoms. The van der Waals surface area contributed by atoms with Crippen LogP contribution in [-0.2, 0) is 0 Å². The van der Waals surface area contributed by atoms with Crippen LogP contribution in [0.1, 0.15) is 39.0 Å². The second-order valence-corrected chi connectivity index (χ2v) is 6.56. The Morgan fingerprint density at radius 2 is 2.05 bits per heavy atom. The summed E-state index contributed by atoms with van der Waals surface area (Å²) in [4.78, 5) is 7.11. The molecule has 1 aliphatic heterocycles. The Labute approximate surface area is 130 Å². The van der Waals surface area contributed by atoms with Crippen LogP contribution in [0.15, 0.2) is 6.07 Å². The molecule has 1 aromatic rings. The summed E-state index contributed by atoms with van der Waals surface area (Å²) in [6.07, 6.45) is 6.54. The van der Waals surface area contributed by atoms with Gasteiger partial charge in [-0.3, -0.25) is 0 Å². The highest BCUT2D eigenvalue weighted by molar-refractivity contribution is 6.37. The van der Waals surface area contributed by atoms with Crippen LogP contribution in [-0.4, -0.2) is 24.1 Å². The highest BCUT2D eigenvalue weighted by atomic mass is 35.5. The highest BCUT2D eigenvalue weighted by Gasteiger charge is 2.36. The molecule has 2 fully saturated rings. The van der Waals surface area contributed by atoms with Crippen molar-refractivity contribution in [3.05, 3.63) is 16.1 Å². The number of nitrogens with zero attached hydrogens (tertiary/aromatic N) is 2. The first kappa shape index (κ1) is 14.3. The molecular formula is C15H21Cl2N3. The Morgan fingerprint density at radius 3 is 2.85 bits per heavy atom. The third-order valence-electron chi connectivity index (χ3n) is 4.52. The number of anilines is 2. The van der Waals surface area contributed by atoms with Crippen molar-refractivity contribution in [2.75, 3.05) is 23.3 Å². The van der Waals surface area contributed by atoms with Gasteiger partial charge >= 0.3 is 0 Å². The van der Waals surface area contributed by atoms with Crippen molar-refractivity contribution >= 4 is 34.8 Å². The molecule has 2 unspecified atom stereocenters. The fourth-order valence-electron chi connectivity index (χ4n) is 3.67. The number of hydrogen-bond donors (Lipinski definition) is 1. The predicted octanol–water partition coefficient (Wildman–Crippen LogP) is 4.59. The molecule has 3 rings (SSSR count). The van der Waals surface area contributed by atoms with Crippen LogP contribution < -0.4 is 10.2 Å². The second kappa shape index (κ2) is 5.98. The number of pyridine rings is 1. The lowest BCUT2D eigenvalue weighted by atomic mass is 9.92. The molecule has 2 heterocycles. The summed E-state index contributed by atoms with van der Waals surface area (Å²) in [5, 5.41) is 4.48. The summed E-state index contributed by atoms with van der Waals surface area (Å²) in [6.45, 7) is 3.90. The van der Waals surface area contributed by atoms with Gasteiger partial charge in [0.05, 0.1) is 10.0 Å². The van der Waals surface area contributed by atoms with Gasteiger partial charge in [0.1, 0.15) is 11.6 Å². The fraction of sp³-hybridized carbons (Fsp3) is 0.667. The first-order chi connectivity index (χ1) is 9.70. The molecule has 3 nitrogen and oxygen atoms in total. The lowest BCUT2D eigenvalue weighted by Gasteiger charge is -2.39. The van der Waals surface area contributed by atoms with Gasteiger partial charge in [0, 0.05) is 19.1 Å². The van der Waals surface area contributed by atoms with Crippen molar-refractivity contribution in [2.45, 2.75) is 45.1 Å². The van der Waals surface area contributed by atoms with E-state index in [1.54, 1.807) is 0 Å². The lowest BCUT2D eigenvalue weighted by Crippen LogP contribution is -2.43. The topological polar surface area (TPSA) is 28.2 Å². The number of aromatic nitrogens is 1. The zero-order valence-electron chi connectivity index (χ0n) is 11.8. The van der Waals surface area contributed by atoms with Crippen molar-refractivity contribution < 1.29 is 0 Å². The molecule has 20 heavy (non-hydrogen) atoms. The van der Waals surface area contributed by atoms with Crippen LogP contribution in [0.5, 0.6) is 0 Å². The van der Waals surface area contributed by atoms with E-state index in [-0.39, 0.29) is 0 Å². The first-order valence-electron chi connectivity index (χ1n) is 7.57. The van der Waals surface area contributed by atoms with Crippen LogP contribution in [0.2, 0.25) is 10.0 Å². The maximum absolute atomic E-state index is 6.41. The third kappa shape index (κ3) is 2.58. The first-order valence-corrected chi connectivity index (χ1v) is 8.33. The SMILES string of the molecule is CCNc1nc(N2CCCC3CCCC32)c(Cl)cc1Cl. The van der Waals surface area contributed by atoms with E-state index in [4.69, 9.17) is 28.2 Å². The molecule has 0 spiro atoms. The van der Waals surface area contributed by atoms with Crippen LogP contribution in [0.3, 0.4) is 0 Å². The van der Waals surface area contributed by atoms with E-state index in [1.165, 1.54) is 32.1 Å². The van der Waals surface area contributed by atoms with E-state index in [0.29, 0.717) is 16.1 Å². The second-order valence-electron chi connectivity index (χ2n) is 5.75. The molecule has 110 valence electrons. The van der Waals surface area contributed by atoms with Gasteiger partial charge in [-0.1, -0.05) is 29.6 Å². The number of hydrogen-bond acceptors (Lipinski definition) is 3. The Bertz CT molecular complexity index is 492. The molecule has 2 aliphatic rings. The summed E-state index contributed by atoms with van der Waals surface area (Å²) in [5.41, 5.74) is 0. The molecule has 1 saturated carbocycles. The standard InChI is InChI=1S/C15H21Cl2N3/c1-2-18-14-11(16)9-12(17)15(19-14)20-8-4-6-10-5-3-7-13(10)20/h9-10,13H,2-8H2,1H3,(H,18,19). The predicted molar refractivity (Wildman–Crippen MR) is 86.1 cm³/mol. The van der Waals surface area contributed by atoms with Gasteiger partial charge < -0.3 is 10.2 Å². The monoisotopic (exact) mass is 313 g/mol. The largest absolute Gasteiger partial charge is 0.369 e. The van der Waals surface area contributed by atoms with Crippen LogP contribution in [0.25, 0.3) is 0 Å². The number of nitrogens with one attached hydrogen (secondary N) is 1. The molecule has 0 radical (unpaired) electrons. The number of halogens is 2. The quantitative estimate of drug-likeness (QED) is 0.884. The molecule has 0 amide bonds. The molecule has 1 N–H and O–H groups in total. The molecule has 2 atom stereocenters. The highest BCUT2D eigenvalue weighted by Crippen LogP contribution is 2.41. The van der Waals surface area contributed by atoms with Crippen LogP contribution in [0.4, 0.5) is 11.6 Å². The lowest BCUT2D eigenvalue weighted by molar-refractivity contribution is 0.360. The van der Waals surface area contributed by atoms with Gasteiger partial charge in [-0.2, -0.15) is 0 Å². The van der Waals surface area contributed by atoms with Crippen LogP contribution >= 0.6 is 23.2 Å². The fourth-order valence-corrected chi connectivity index (χ4v) is 4.20. The molecule has 5 heteroatoms. The maximum atomic E-state index is 6.41. The van der Waals surface area contributed by atoms with Gasteiger partial charge in [-0.15, -0.1) is 0 Å². The Hall–Kier alpha value is -0.670. The zero-order valence-corrected chi connectivity index (χ0v) is 13.3. The van der Waals surface area contributed by atoms with E-state index in [2.05, 4.69) is 10.2 Å². The van der Waals surface area contributed by atoms with E-state index in [9.17, 15) is 0 Å². The van der Waals surface area contributed by atoms with E-state index < -0.39 is 0 Å². The van der Waals surface area contributed by atoms with Crippen LogP contribution in [0, 0.1) is 5.92 Å². The molecule has 1 aromatic heterocycles. The van der Waals surface area contributed by atoms with Gasteiger partial charge in [0.25, 0.3) is 0 Å². The maximum Gasteiger partial charge on any atom is 0.150 e. The van der Waals surface area contributed by atoms with Crippen molar-refractivity contribution in [1.82, 2.24) is 4.98 Å². The summed E-state index contributed by atoms with van der Waals surface area (Å²) in [6, 6.07) is 2.44. The Morgan fingerprint density at radius 1 is 1.25 bits per heavy atom. The van der Waals surface area contributed by atoms with E-state index in [0.717, 1.165) is 30.6 Å². The van der Waals surface area contributed by atoms with Gasteiger partial charge in [0.2, 0.25) is 0 Å². The van der Waals surface area contributed by atoms with Gasteiger partial charge in [0.15, 0.2) is 0 Å². The smallest absolute Gasteiger partial charge is 0.150 e. The number of fused-ring (bicyclic) bond motifs is 1. The molecule has 1 aliphatic carbocycles. The Balaban J connectivity index is 1.93. The average Bonchev–Trinajstić information content (AvgIpc) is 2.90.